The minimum Gasteiger partial charge on any atom is -0.492 e. The molecule has 1 rings (SSSR count). The van der Waals surface area contributed by atoms with Gasteiger partial charge in [0.05, 0.1) is 16.7 Å². The van der Waals surface area contributed by atoms with Crippen molar-refractivity contribution in [2.75, 3.05) is 19.1 Å². The third-order valence-corrected chi connectivity index (χ3v) is 6.18. The maximum atomic E-state index is 12.3. The molecule has 6 nitrogen and oxygen atoms in total. The molecule has 1 N–H and O–H groups in total. The summed E-state index contributed by atoms with van der Waals surface area (Å²) in [5.41, 5.74) is 0.595. The van der Waals surface area contributed by atoms with E-state index in [1.807, 2.05) is 31.2 Å². The molecule has 0 radical (unpaired) electrons. The number of halogens is 1. The van der Waals surface area contributed by atoms with E-state index in [0.717, 1.165) is 11.3 Å². The van der Waals surface area contributed by atoms with Crippen LogP contribution in [0.1, 0.15) is 58.9 Å². The predicted molar refractivity (Wildman–Crippen MR) is 113 cm³/mol. The predicted octanol–water partition coefficient (Wildman–Crippen LogP) is 3.84. The lowest BCUT2D eigenvalue weighted by Gasteiger charge is -2.20. The molecule has 1 aromatic rings. The summed E-state index contributed by atoms with van der Waals surface area (Å²) >= 11 is 5.60. The minimum atomic E-state index is -3.73. The van der Waals surface area contributed by atoms with Gasteiger partial charge in [0.1, 0.15) is 19.0 Å². The van der Waals surface area contributed by atoms with Crippen LogP contribution in [0.25, 0.3) is 0 Å². The largest absolute Gasteiger partial charge is 0.492 e. The molecule has 0 saturated heterocycles. The quantitative estimate of drug-likeness (QED) is 0.536. The lowest BCUT2D eigenvalue weighted by atomic mass is 9.95. The third kappa shape index (κ3) is 9.26. The number of ether oxygens (including phenoxy) is 2. The van der Waals surface area contributed by atoms with Crippen LogP contribution in [0.3, 0.4) is 0 Å². The van der Waals surface area contributed by atoms with E-state index >= 15 is 0 Å². The van der Waals surface area contributed by atoms with Gasteiger partial charge in [0.2, 0.25) is 10.0 Å². The highest BCUT2D eigenvalue weighted by Gasteiger charge is 2.24. The van der Waals surface area contributed by atoms with Gasteiger partial charge in [0, 0.05) is 0 Å². The summed E-state index contributed by atoms with van der Waals surface area (Å²) in [4.78, 5) is 11.8. The van der Waals surface area contributed by atoms with Gasteiger partial charge in [0.15, 0.2) is 0 Å². The Kier molecular flexibility index (Phi) is 9.74. The lowest BCUT2D eigenvalue weighted by Crippen LogP contribution is -2.40. The van der Waals surface area contributed by atoms with E-state index < -0.39 is 26.8 Å². The number of alkyl halides is 1. The van der Waals surface area contributed by atoms with Crippen LogP contribution in [0.5, 0.6) is 5.75 Å². The first-order chi connectivity index (χ1) is 12.9. The lowest BCUT2D eigenvalue weighted by molar-refractivity contribution is -0.128. The number of amides is 1. The molecule has 0 saturated carbocycles. The Balaban J connectivity index is 2.52. The Morgan fingerprint density at radius 1 is 1.14 bits per heavy atom. The summed E-state index contributed by atoms with van der Waals surface area (Å²) in [6, 6.07) is 7.71. The molecule has 0 aliphatic carbocycles. The van der Waals surface area contributed by atoms with Crippen molar-refractivity contribution in [1.82, 2.24) is 4.72 Å². The molecule has 2 unspecified atom stereocenters. The van der Waals surface area contributed by atoms with E-state index in [-0.39, 0.29) is 12.5 Å². The Bertz CT molecular complexity index is 713. The van der Waals surface area contributed by atoms with Crippen LogP contribution >= 0.6 is 11.6 Å². The van der Waals surface area contributed by atoms with E-state index in [0.29, 0.717) is 25.3 Å². The zero-order chi connectivity index (χ0) is 21.4. The second kappa shape index (κ2) is 11.0. The summed E-state index contributed by atoms with van der Waals surface area (Å²) < 4.78 is 37.6. The normalized spacial score (nSPS) is 14.4. The summed E-state index contributed by atoms with van der Waals surface area (Å²) in [5, 5.41) is -0.681. The molecular formula is C20H32ClNO5S. The molecule has 0 bridgehead atoms. The second-order valence-corrected chi connectivity index (χ2v) is 10.3. The average Bonchev–Trinajstić information content (AvgIpc) is 2.62. The van der Waals surface area contributed by atoms with Crippen molar-refractivity contribution in [2.45, 2.75) is 64.2 Å². The van der Waals surface area contributed by atoms with E-state index in [9.17, 15) is 13.2 Å². The van der Waals surface area contributed by atoms with Crippen molar-refractivity contribution < 1.29 is 22.7 Å². The number of carbonyl (C=O) groups excluding carboxylic acids is 1. The SMILES string of the molecule is CC(CCC(C)S(=O)(=O)NC(=O)COC(C)(C)C)c1ccc(OCCCl)cc1. The Morgan fingerprint density at radius 2 is 1.75 bits per heavy atom. The highest BCUT2D eigenvalue weighted by atomic mass is 35.5. The van der Waals surface area contributed by atoms with Crippen LogP contribution < -0.4 is 9.46 Å². The van der Waals surface area contributed by atoms with Crippen LogP contribution in [-0.2, 0) is 19.6 Å². The topological polar surface area (TPSA) is 81.7 Å². The van der Waals surface area contributed by atoms with Gasteiger partial charge in [-0.2, -0.15) is 0 Å². The summed E-state index contributed by atoms with van der Waals surface area (Å²) in [6.45, 7) is 9.22. The molecule has 1 aromatic carbocycles. The number of sulfonamides is 1. The van der Waals surface area contributed by atoms with Crippen LogP contribution in [0, 0.1) is 0 Å². The maximum absolute atomic E-state index is 12.3. The van der Waals surface area contributed by atoms with E-state index in [1.54, 1.807) is 27.7 Å². The van der Waals surface area contributed by atoms with Crippen molar-refractivity contribution in [3.63, 3.8) is 0 Å². The number of carbonyl (C=O) groups is 1. The van der Waals surface area contributed by atoms with Crippen molar-refractivity contribution in [3.8, 4) is 5.75 Å². The average molecular weight is 434 g/mol. The molecule has 0 heterocycles. The standard InChI is InChI=1S/C20H32ClNO5S/c1-15(17-8-10-18(11-9-17)26-13-12-21)6-7-16(2)28(24,25)22-19(23)14-27-20(3,4)5/h8-11,15-16H,6-7,12-14H2,1-5H3,(H,22,23). The molecule has 0 aliphatic heterocycles. The van der Waals surface area contributed by atoms with Gasteiger partial charge in [-0.3, -0.25) is 9.52 Å². The first-order valence-corrected chi connectivity index (χ1v) is 11.5. The van der Waals surface area contributed by atoms with Crippen molar-refractivity contribution in [3.05, 3.63) is 29.8 Å². The van der Waals surface area contributed by atoms with Crippen molar-refractivity contribution >= 4 is 27.5 Å². The van der Waals surface area contributed by atoms with Crippen LogP contribution in [0.15, 0.2) is 24.3 Å². The molecule has 28 heavy (non-hydrogen) atoms. The minimum absolute atomic E-state index is 0.180. The van der Waals surface area contributed by atoms with Gasteiger partial charge in [0.25, 0.3) is 5.91 Å². The Hall–Kier alpha value is -1.31. The smallest absolute Gasteiger partial charge is 0.259 e. The van der Waals surface area contributed by atoms with Gasteiger partial charge in [-0.1, -0.05) is 19.1 Å². The van der Waals surface area contributed by atoms with Crippen LogP contribution in [0.4, 0.5) is 0 Å². The molecule has 0 aliphatic rings. The Labute approximate surface area is 174 Å². The fraction of sp³-hybridized carbons (Fsp3) is 0.650. The first-order valence-electron chi connectivity index (χ1n) is 9.41. The molecular weight excluding hydrogens is 402 g/mol. The van der Waals surface area contributed by atoms with E-state index in [1.165, 1.54) is 0 Å². The highest BCUT2D eigenvalue weighted by molar-refractivity contribution is 7.90. The number of hydrogen-bond donors (Lipinski definition) is 1. The van der Waals surface area contributed by atoms with Gasteiger partial charge in [-0.05, 0) is 64.2 Å². The molecule has 0 aromatic heterocycles. The number of rotatable bonds is 11. The van der Waals surface area contributed by atoms with E-state index in [2.05, 4.69) is 4.72 Å². The van der Waals surface area contributed by atoms with Crippen LogP contribution in [-0.4, -0.2) is 44.3 Å². The van der Waals surface area contributed by atoms with Crippen molar-refractivity contribution in [2.24, 2.45) is 0 Å². The van der Waals surface area contributed by atoms with Gasteiger partial charge in [-0.15, -0.1) is 11.6 Å². The fourth-order valence-corrected chi connectivity index (χ4v) is 3.53. The number of hydrogen-bond acceptors (Lipinski definition) is 5. The monoisotopic (exact) mass is 433 g/mol. The van der Waals surface area contributed by atoms with E-state index in [4.69, 9.17) is 21.1 Å². The first kappa shape index (κ1) is 24.7. The van der Waals surface area contributed by atoms with Gasteiger partial charge in [-0.25, -0.2) is 8.42 Å². The maximum Gasteiger partial charge on any atom is 0.259 e. The fourth-order valence-electron chi connectivity index (χ4n) is 2.43. The molecule has 1 amide bonds. The van der Waals surface area contributed by atoms with Gasteiger partial charge < -0.3 is 9.47 Å². The second-order valence-electron chi connectivity index (χ2n) is 7.87. The molecule has 160 valence electrons. The van der Waals surface area contributed by atoms with Crippen LogP contribution in [0.2, 0.25) is 0 Å². The summed E-state index contributed by atoms with van der Waals surface area (Å²) in [7, 11) is -3.73. The molecule has 2 atom stereocenters. The van der Waals surface area contributed by atoms with Crippen molar-refractivity contribution in [1.29, 1.82) is 0 Å². The Morgan fingerprint density at radius 3 is 2.29 bits per heavy atom. The summed E-state index contributed by atoms with van der Waals surface area (Å²) in [6.07, 6.45) is 1.12. The molecule has 0 fully saturated rings. The van der Waals surface area contributed by atoms with Gasteiger partial charge >= 0.3 is 0 Å². The third-order valence-electron chi connectivity index (χ3n) is 4.22. The summed E-state index contributed by atoms with van der Waals surface area (Å²) in [5.74, 6) is 0.721. The zero-order valence-electron chi connectivity index (χ0n) is 17.3. The highest BCUT2D eigenvalue weighted by Crippen LogP contribution is 2.25. The number of nitrogens with one attached hydrogen (secondary N) is 1. The molecule has 0 spiro atoms. The number of benzene rings is 1. The zero-order valence-corrected chi connectivity index (χ0v) is 18.9. The molecule has 8 heteroatoms.